The minimum Gasteiger partial charge on any atom is -0.353 e. The molecule has 0 spiro atoms. The van der Waals surface area contributed by atoms with E-state index in [1.165, 1.54) is 29.8 Å². The summed E-state index contributed by atoms with van der Waals surface area (Å²) in [6, 6.07) is 6.39. The zero-order valence-electron chi connectivity index (χ0n) is 17.6. The Morgan fingerprint density at radius 1 is 1.07 bits per heavy atom. The summed E-state index contributed by atoms with van der Waals surface area (Å²) in [4.78, 5) is 24.5. The molecule has 29 heavy (non-hydrogen) atoms. The van der Waals surface area contributed by atoms with Crippen molar-refractivity contribution in [3.8, 4) is 0 Å². The monoisotopic (exact) mass is 420 g/mol. The molecule has 1 aromatic carbocycles. The zero-order chi connectivity index (χ0) is 21.2. The molecular weight excluding hydrogens is 388 g/mol. The van der Waals surface area contributed by atoms with Gasteiger partial charge in [0.25, 0.3) is 0 Å². The van der Waals surface area contributed by atoms with E-state index in [0.717, 1.165) is 12.8 Å². The van der Waals surface area contributed by atoms with E-state index in [0.29, 0.717) is 43.3 Å². The molecule has 1 aliphatic heterocycles. The molecule has 0 bridgehead atoms. The van der Waals surface area contributed by atoms with Crippen LogP contribution >= 0.6 is 0 Å². The van der Waals surface area contributed by atoms with Gasteiger partial charge >= 0.3 is 0 Å². The number of benzene rings is 1. The van der Waals surface area contributed by atoms with Crippen molar-refractivity contribution in [1.29, 1.82) is 0 Å². The Morgan fingerprint density at radius 3 is 2.41 bits per heavy atom. The van der Waals surface area contributed by atoms with Gasteiger partial charge in [-0.05, 0) is 50.2 Å². The highest BCUT2D eigenvalue weighted by Crippen LogP contribution is 2.30. The summed E-state index contributed by atoms with van der Waals surface area (Å²) in [5.41, 5.74) is 0.385. The maximum absolute atomic E-state index is 12.9. The Labute approximate surface area is 174 Å². The second-order valence-corrected chi connectivity index (χ2v) is 10.6. The number of nitrogens with one attached hydrogen (secondary N) is 1. The van der Waals surface area contributed by atoms with E-state index < -0.39 is 10.0 Å². The van der Waals surface area contributed by atoms with Gasteiger partial charge in [0.05, 0.1) is 4.90 Å². The number of rotatable bonds is 5. The number of carbonyl (C=O) groups excluding carboxylic acids is 2. The van der Waals surface area contributed by atoms with Gasteiger partial charge in [-0.3, -0.25) is 9.59 Å². The third kappa shape index (κ3) is 4.89. The van der Waals surface area contributed by atoms with Crippen LogP contribution in [0.25, 0.3) is 0 Å². The summed E-state index contributed by atoms with van der Waals surface area (Å²) in [6.07, 6.45) is 4.43. The minimum atomic E-state index is -3.66. The first kappa shape index (κ1) is 22.0. The quantitative estimate of drug-likeness (QED) is 0.741. The SMILES string of the molecule is CC(=O)c1cccc(S(=O)(=O)N2CCC(C(=O)NC3CCCC(C)C3C)CC2)c1. The van der Waals surface area contributed by atoms with E-state index in [1.54, 1.807) is 12.1 Å². The topological polar surface area (TPSA) is 83.6 Å². The van der Waals surface area contributed by atoms with E-state index in [-0.39, 0.29) is 28.5 Å². The predicted molar refractivity (Wildman–Crippen MR) is 112 cm³/mol. The van der Waals surface area contributed by atoms with Gasteiger partial charge in [-0.1, -0.05) is 38.8 Å². The largest absolute Gasteiger partial charge is 0.353 e. The van der Waals surface area contributed by atoms with Gasteiger partial charge in [-0.25, -0.2) is 8.42 Å². The molecular formula is C22H32N2O4S. The van der Waals surface area contributed by atoms with Crippen molar-refractivity contribution in [3.63, 3.8) is 0 Å². The van der Waals surface area contributed by atoms with Crippen LogP contribution in [0.15, 0.2) is 29.2 Å². The highest BCUT2D eigenvalue weighted by atomic mass is 32.2. The molecule has 1 aliphatic carbocycles. The molecule has 1 N–H and O–H groups in total. The fraction of sp³-hybridized carbons (Fsp3) is 0.636. The van der Waals surface area contributed by atoms with Gasteiger partial charge < -0.3 is 5.32 Å². The number of carbonyl (C=O) groups is 2. The van der Waals surface area contributed by atoms with E-state index in [2.05, 4.69) is 19.2 Å². The van der Waals surface area contributed by atoms with Crippen LogP contribution in [0, 0.1) is 17.8 Å². The average Bonchev–Trinajstić information content (AvgIpc) is 2.71. The molecule has 3 unspecified atom stereocenters. The van der Waals surface area contributed by atoms with Crippen LogP contribution in [0.5, 0.6) is 0 Å². The van der Waals surface area contributed by atoms with Crippen molar-refractivity contribution in [2.75, 3.05) is 13.1 Å². The normalized spacial score (nSPS) is 26.8. The Bertz CT molecular complexity index is 859. The Hall–Kier alpha value is -1.73. The Morgan fingerprint density at radius 2 is 1.76 bits per heavy atom. The third-order valence-corrected chi connectivity index (χ3v) is 8.63. The fourth-order valence-electron chi connectivity index (χ4n) is 4.47. The highest BCUT2D eigenvalue weighted by molar-refractivity contribution is 7.89. The van der Waals surface area contributed by atoms with Crippen molar-refractivity contribution in [3.05, 3.63) is 29.8 Å². The second-order valence-electron chi connectivity index (χ2n) is 8.64. The smallest absolute Gasteiger partial charge is 0.243 e. The van der Waals surface area contributed by atoms with Crippen molar-refractivity contribution in [2.45, 2.75) is 63.8 Å². The summed E-state index contributed by atoms with van der Waals surface area (Å²) in [6.45, 7) is 6.51. The zero-order valence-corrected chi connectivity index (χ0v) is 18.4. The van der Waals surface area contributed by atoms with Crippen LogP contribution in [0.2, 0.25) is 0 Å². The van der Waals surface area contributed by atoms with Crippen molar-refractivity contribution in [2.24, 2.45) is 17.8 Å². The molecule has 1 amide bonds. The third-order valence-electron chi connectivity index (χ3n) is 6.74. The maximum Gasteiger partial charge on any atom is 0.243 e. The molecule has 2 aliphatic rings. The van der Waals surface area contributed by atoms with E-state index in [9.17, 15) is 18.0 Å². The van der Waals surface area contributed by atoms with Crippen LogP contribution in [0.1, 0.15) is 63.2 Å². The van der Waals surface area contributed by atoms with Crippen molar-refractivity contribution >= 4 is 21.7 Å². The number of nitrogens with zero attached hydrogens (tertiary/aromatic N) is 1. The lowest BCUT2D eigenvalue weighted by molar-refractivity contribution is -0.127. The lowest BCUT2D eigenvalue weighted by Gasteiger charge is -2.36. The first-order valence-corrected chi connectivity index (χ1v) is 12.1. The van der Waals surface area contributed by atoms with Crippen LogP contribution < -0.4 is 5.32 Å². The lowest BCUT2D eigenvalue weighted by Crippen LogP contribution is -2.48. The maximum atomic E-state index is 12.9. The number of ketones is 1. The number of piperidine rings is 1. The molecule has 7 heteroatoms. The summed E-state index contributed by atoms with van der Waals surface area (Å²) >= 11 is 0. The summed E-state index contributed by atoms with van der Waals surface area (Å²) < 4.78 is 27.3. The first-order chi connectivity index (χ1) is 13.7. The van der Waals surface area contributed by atoms with Crippen LogP contribution in [0.3, 0.4) is 0 Å². The fourth-order valence-corrected chi connectivity index (χ4v) is 5.99. The lowest BCUT2D eigenvalue weighted by atomic mass is 9.78. The Balaban J connectivity index is 1.60. The summed E-state index contributed by atoms with van der Waals surface area (Å²) in [5, 5.41) is 3.23. The minimum absolute atomic E-state index is 0.0616. The molecule has 0 aromatic heterocycles. The molecule has 1 saturated carbocycles. The van der Waals surface area contributed by atoms with Crippen molar-refractivity contribution < 1.29 is 18.0 Å². The molecule has 1 saturated heterocycles. The van der Waals surface area contributed by atoms with E-state index >= 15 is 0 Å². The van der Waals surface area contributed by atoms with Gasteiger partial charge in [0.2, 0.25) is 15.9 Å². The van der Waals surface area contributed by atoms with Gasteiger partial charge in [0.1, 0.15) is 0 Å². The molecule has 3 atom stereocenters. The molecule has 1 aromatic rings. The predicted octanol–water partition coefficient (Wildman–Crippen LogP) is 3.23. The highest BCUT2D eigenvalue weighted by Gasteiger charge is 2.34. The number of amides is 1. The molecule has 0 radical (unpaired) electrons. The molecule has 1 heterocycles. The standard InChI is InChI=1S/C22H32N2O4S/c1-15-6-4-9-21(16(15)2)23-22(26)18-10-12-24(13-11-18)29(27,28)20-8-5-7-19(14-20)17(3)25/h5,7-8,14-16,18,21H,4,6,9-13H2,1-3H3,(H,23,26). The summed E-state index contributed by atoms with van der Waals surface area (Å²) in [5.74, 6) is 0.846. The Kier molecular flexibility index (Phi) is 6.79. The number of hydrogen-bond donors (Lipinski definition) is 1. The average molecular weight is 421 g/mol. The van der Waals surface area contributed by atoms with E-state index in [1.807, 2.05) is 0 Å². The van der Waals surface area contributed by atoms with Crippen LogP contribution in [-0.4, -0.2) is 43.5 Å². The number of sulfonamides is 1. The van der Waals surface area contributed by atoms with Crippen LogP contribution in [0.4, 0.5) is 0 Å². The number of Topliss-reactive ketones (excluding diaryl/α,β-unsaturated/α-hetero) is 1. The van der Waals surface area contributed by atoms with Gasteiger partial charge in [-0.15, -0.1) is 0 Å². The van der Waals surface area contributed by atoms with Gasteiger partial charge in [0, 0.05) is 30.6 Å². The van der Waals surface area contributed by atoms with Crippen LogP contribution in [-0.2, 0) is 14.8 Å². The van der Waals surface area contributed by atoms with Gasteiger partial charge in [0.15, 0.2) is 5.78 Å². The van der Waals surface area contributed by atoms with E-state index in [4.69, 9.17) is 0 Å². The summed E-state index contributed by atoms with van der Waals surface area (Å²) in [7, 11) is -3.66. The second kappa shape index (κ2) is 8.96. The molecule has 3 rings (SSSR count). The molecule has 2 fully saturated rings. The molecule has 6 nitrogen and oxygen atoms in total. The number of hydrogen-bond acceptors (Lipinski definition) is 4. The molecule has 160 valence electrons. The van der Waals surface area contributed by atoms with Crippen molar-refractivity contribution in [1.82, 2.24) is 9.62 Å². The first-order valence-electron chi connectivity index (χ1n) is 10.6. The van der Waals surface area contributed by atoms with Gasteiger partial charge in [-0.2, -0.15) is 4.31 Å².